The molecule has 2 aromatic heterocycles. The second-order valence-electron chi connectivity index (χ2n) is 10.0. The molecule has 2 fully saturated rings. The van der Waals surface area contributed by atoms with Gasteiger partial charge in [0.15, 0.2) is 5.82 Å². The highest BCUT2D eigenvalue weighted by molar-refractivity contribution is 5.93. The molecule has 3 heterocycles. The number of aryl methyl sites for hydroxylation is 2. The Kier molecular flexibility index (Phi) is 8.32. The summed E-state index contributed by atoms with van der Waals surface area (Å²) in [5, 5.41) is 10.2. The fourth-order valence-electron chi connectivity index (χ4n) is 5.25. The summed E-state index contributed by atoms with van der Waals surface area (Å²) in [5.41, 5.74) is 0.297. The monoisotopic (exact) mass is 496 g/mol. The number of hydrogen-bond donors (Lipinski definition) is 2. The van der Waals surface area contributed by atoms with Gasteiger partial charge in [-0.25, -0.2) is 4.98 Å². The number of amides is 3. The van der Waals surface area contributed by atoms with Crippen molar-refractivity contribution in [3.05, 3.63) is 35.6 Å². The molecule has 0 aromatic carbocycles. The van der Waals surface area contributed by atoms with Crippen molar-refractivity contribution >= 4 is 23.5 Å². The van der Waals surface area contributed by atoms with Gasteiger partial charge in [-0.15, -0.1) is 0 Å². The van der Waals surface area contributed by atoms with E-state index in [0.29, 0.717) is 37.0 Å². The Morgan fingerprint density at radius 3 is 2.67 bits per heavy atom. The van der Waals surface area contributed by atoms with Gasteiger partial charge >= 0.3 is 0 Å². The number of anilines is 1. The molecule has 10 nitrogen and oxygen atoms in total. The predicted octanol–water partition coefficient (Wildman–Crippen LogP) is 3.27. The average molecular weight is 497 g/mol. The molecule has 2 aromatic rings. The Labute approximate surface area is 211 Å². The summed E-state index contributed by atoms with van der Waals surface area (Å²) < 4.78 is 5.49. The first-order valence-corrected chi connectivity index (χ1v) is 13.0. The topological polar surface area (TPSA) is 130 Å². The number of likely N-dealkylation sites (tertiary alicyclic amines) is 1. The minimum atomic E-state index is -0.604. The number of nitrogens with one attached hydrogen (secondary N) is 2. The van der Waals surface area contributed by atoms with Crippen LogP contribution in [0.25, 0.3) is 0 Å². The van der Waals surface area contributed by atoms with E-state index in [1.165, 1.54) is 6.92 Å². The summed E-state index contributed by atoms with van der Waals surface area (Å²) >= 11 is 0. The molecule has 1 aliphatic carbocycles. The van der Waals surface area contributed by atoms with Crippen LogP contribution in [0.5, 0.6) is 0 Å². The standard InChI is InChI=1S/C26H36N6O4/c1-18-9-7-15-27-23(18)29-24(35)20-10-8-16-32(17-20)22(34)12-11-21-28-25(31-36-21)26(30-19(2)33)13-5-3-4-6-14-26/h7,9,15,20H,3-6,8,10-14,16-17H2,1-2H3,(H,30,33)(H,27,29,35). The molecular formula is C26H36N6O4. The largest absolute Gasteiger partial charge is 0.343 e. The van der Waals surface area contributed by atoms with E-state index in [0.717, 1.165) is 56.9 Å². The Balaban J connectivity index is 1.33. The van der Waals surface area contributed by atoms with Gasteiger partial charge in [-0.2, -0.15) is 4.98 Å². The minimum absolute atomic E-state index is 0.0349. The van der Waals surface area contributed by atoms with E-state index in [1.807, 2.05) is 19.1 Å². The maximum absolute atomic E-state index is 12.9. The predicted molar refractivity (Wildman–Crippen MR) is 133 cm³/mol. The lowest BCUT2D eigenvalue weighted by Crippen LogP contribution is -2.45. The zero-order chi connectivity index (χ0) is 25.5. The number of rotatable bonds is 7. The van der Waals surface area contributed by atoms with Crippen LogP contribution in [0.3, 0.4) is 0 Å². The second-order valence-corrected chi connectivity index (χ2v) is 10.0. The van der Waals surface area contributed by atoms with Crippen molar-refractivity contribution < 1.29 is 18.9 Å². The molecule has 0 spiro atoms. The summed E-state index contributed by atoms with van der Waals surface area (Å²) in [6, 6.07) is 3.73. The summed E-state index contributed by atoms with van der Waals surface area (Å²) in [6.45, 7) is 4.43. The lowest BCUT2D eigenvalue weighted by molar-refractivity contribution is -0.134. The van der Waals surface area contributed by atoms with Gasteiger partial charge in [0.2, 0.25) is 23.6 Å². The molecule has 1 saturated carbocycles. The van der Waals surface area contributed by atoms with Gasteiger partial charge in [-0.1, -0.05) is 36.9 Å². The van der Waals surface area contributed by atoms with E-state index in [9.17, 15) is 14.4 Å². The van der Waals surface area contributed by atoms with Crippen LogP contribution in [0.1, 0.15) is 82.0 Å². The van der Waals surface area contributed by atoms with E-state index < -0.39 is 5.54 Å². The van der Waals surface area contributed by atoms with Gasteiger partial charge in [0.05, 0.1) is 5.92 Å². The van der Waals surface area contributed by atoms with Crippen LogP contribution < -0.4 is 10.6 Å². The Hall–Kier alpha value is -3.30. The normalized spacial score (nSPS) is 19.8. The Bertz CT molecular complexity index is 1080. The van der Waals surface area contributed by atoms with Crippen LogP contribution in [0.2, 0.25) is 0 Å². The van der Waals surface area contributed by atoms with Gasteiger partial charge in [-0.05, 0) is 44.2 Å². The zero-order valence-electron chi connectivity index (χ0n) is 21.2. The fraction of sp³-hybridized carbons (Fsp3) is 0.615. The number of hydrogen-bond acceptors (Lipinski definition) is 7. The smallest absolute Gasteiger partial charge is 0.230 e. The van der Waals surface area contributed by atoms with Crippen LogP contribution in [-0.2, 0) is 26.3 Å². The summed E-state index contributed by atoms with van der Waals surface area (Å²) in [5.74, 6) is 0.927. The fourth-order valence-corrected chi connectivity index (χ4v) is 5.25. The maximum Gasteiger partial charge on any atom is 0.230 e. The first-order chi connectivity index (χ1) is 17.4. The molecule has 0 radical (unpaired) electrons. The van der Waals surface area contributed by atoms with Crippen LogP contribution in [-0.4, -0.2) is 50.8 Å². The molecule has 1 aliphatic heterocycles. The van der Waals surface area contributed by atoms with Gasteiger partial charge in [-0.3, -0.25) is 14.4 Å². The third-order valence-corrected chi connectivity index (χ3v) is 7.22. The molecule has 36 heavy (non-hydrogen) atoms. The highest BCUT2D eigenvalue weighted by Gasteiger charge is 2.38. The molecule has 1 atom stereocenters. The molecule has 4 rings (SSSR count). The summed E-state index contributed by atoms with van der Waals surface area (Å²) in [6.07, 6.45) is 9.49. The molecule has 3 amide bonds. The van der Waals surface area contributed by atoms with E-state index in [2.05, 4.69) is 25.8 Å². The lowest BCUT2D eigenvalue weighted by atomic mass is 9.89. The van der Waals surface area contributed by atoms with Gasteiger partial charge < -0.3 is 20.1 Å². The number of aromatic nitrogens is 3. The zero-order valence-corrected chi connectivity index (χ0v) is 21.2. The Morgan fingerprint density at radius 2 is 1.94 bits per heavy atom. The highest BCUT2D eigenvalue weighted by Crippen LogP contribution is 2.34. The quantitative estimate of drug-likeness (QED) is 0.563. The van der Waals surface area contributed by atoms with Gasteiger partial charge in [0, 0.05) is 39.1 Å². The second kappa shape index (κ2) is 11.6. The number of carbonyl (C=O) groups is 3. The number of piperidine rings is 1. The Morgan fingerprint density at radius 1 is 1.17 bits per heavy atom. The third-order valence-electron chi connectivity index (χ3n) is 7.22. The molecule has 1 saturated heterocycles. The molecule has 2 N–H and O–H groups in total. The number of nitrogens with zero attached hydrogens (tertiary/aromatic N) is 4. The average Bonchev–Trinajstić information content (AvgIpc) is 3.23. The SMILES string of the molecule is CC(=O)NC1(c2noc(CCC(=O)N3CCCC(C(=O)Nc4ncccc4C)C3)n2)CCCCCC1. The highest BCUT2D eigenvalue weighted by atomic mass is 16.5. The van der Waals surface area contributed by atoms with Crippen molar-refractivity contribution in [1.29, 1.82) is 0 Å². The molecule has 0 bridgehead atoms. The van der Waals surface area contributed by atoms with Crippen LogP contribution in [0, 0.1) is 12.8 Å². The molecule has 2 aliphatic rings. The van der Waals surface area contributed by atoms with Crippen LogP contribution in [0.15, 0.2) is 22.9 Å². The third kappa shape index (κ3) is 6.27. The van der Waals surface area contributed by atoms with Crippen molar-refractivity contribution in [2.24, 2.45) is 5.92 Å². The molecule has 1 unspecified atom stereocenters. The van der Waals surface area contributed by atoms with Crippen LogP contribution in [0.4, 0.5) is 5.82 Å². The molecular weight excluding hydrogens is 460 g/mol. The van der Waals surface area contributed by atoms with E-state index in [-0.39, 0.29) is 30.1 Å². The summed E-state index contributed by atoms with van der Waals surface area (Å²) in [7, 11) is 0. The van der Waals surface area contributed by atoms with Gasteiger partial charge in [0.25, 0.3) is 0 Å². The van der Waals surface area contributed by atoms with Crippen molar-refractivity contribution in [3.63, 3.8) is 0 Å². The number of carbonyl (C=O) groups excluding carboxylic acids is 3. The van der Waals surface area contributed by atoms with Gasteiger partial charge in [0.1, 0.15) is 11.4 Å². The van der Waals surface area contributed by atoms with E-state index >= 15 is 0 Å². The number of pyridine rings is 1. The van der Waals surface area contributed by atoms with Crippen molar-refractivity contribution in [3.8, 4) is 0 Å². The first-order valence-electron chi connectivity index (χ1n) is 13.0. The molecule has 10 heteroatoms. The van der Waals surface area contributed by atoms with Crippen molar-refractivity contribution in [1.82, 2.24) is 25.3 Å². The van der Waals surface area contributed by atoms with E-state index in [4.69, 9.17) is 4.52 Å². The first kappa shape index (κ1) is 25.8. The summed E-state index contributed by atoms with van der Waals surface area (Å²) in [4.78, 5) is 48.2. The van der Waals surface area contributed by atoms with Crippen molar-refractivity contribution in [2.75, 3.05) is 18.4 Å². The lowest BCUT2D eigenvalue weighted by Gasteiger charge is -2.32. The van der Waals surface area contributed by atoms with E-state index in [1.54, 1.807) is 11.1 Å². The van der Waals surface area contributed by atoms with Crippen molar-refractivity contribution in [2.45, 2.75) is 83.6 Å². The maximum atomic E-state index is 12.9. The van der Waals surface area contributed by atoms with Crippen LogP contribution >= 0.6 is 0 Å². The minimum Gasteiger partial charge on any atom is -0.343 e. The molecule has 194 valence electrons.